The lowest BCUT2D eigenvalue weighted by Crippen LogP contribution is -2.23. The summed E-state index contributed by atoms with van der Waals surface area (Å²) in [6.45, 7) is 2.12. The van der Waals surface area contributed by atoms with E-state index in [-0.39, 0.29) is 60.9 Å². The Morgan fingerprint density at radius 2 is 1.69 bits per heavy atom. The number of aryl methyl sites for hydroxylation is 2. The summed E-state index contributed by atoms with van der Waals surface area (Å²) in [6, 6.07) is 22.7. The fraction of sp³-hybridized carbons (Fsp3) is 0.424. The topological polar surface area (TPSA) is 215 Å². The maximum absolute atomic E-state index is 14.2. The van der Waals surface area contributed by atoms with Gasteiger partial charge in [-0.15, -0.1) is 5.76 Å². The number of phenols is 2. The predicted octanol–water partition coefficient (Wildman–Crippen LogP) is 8.54. The van der Waals surface area contributed by atoms with Gasteiger partial charge in [-0.2, -0.15) is 0 Å². The number of hydrogen-bond donors (Lipinski definition) is 7. The van der Waals surface area contributed by atoms with E-state index in [1.807, 2.05) is 43.3 Å². The van der Waals surface area contributed by atoms with Crippen molar-refractivity contribution in [2.45, 2.75) is 120 Å². The molecule has 8 bridgehead atoms. The Hall–Kier alpha value is -5.30. The van der Waals surface area contributed by atoms with Crippen LogP contribution in [-0.2, 0) is 36.2 Å². The van der Waals surface area contributed by atoms with Crippen LogP contribution in [-0.4, -0.2) is 68.2 Å². The standard InChI is InChI=1S/C59H69N3O8S2/c1-37(64)27-39(9-13-41-5-2-3-6-42(41)20-25-63)17-22-59-23-18-46(65)14-10-38-12-16-54(67)57(29-38)70-26-21-40-11-15-53(66)51(28-40)50-32-55(68)47-19-24-62-52(47)8-4-7-43-30-49(58(60)61)44(31-48(43)50)35-71-72-36-45(33-59)56(69)34-59/h2-3,5-6,11-12,15-16,18-19,23-24,28-31,37,39,45,50,56,58,63-64,66-69H,8-10,13-14,17,20-22,25-27,32-36,60-61H2,1H3/p-1. The first kappa shape index (κ1) is 53.0. The smallest absolute Gasteiger partial charge is 0.161 e. The highest BCUT2D eigenvalue weighted by atomic mass is 33.1. The predicted molar refractivity (Wildman–Crippen MR) is 286 cm³/mol. The number of phenolic OH excluding ortho intramolecular Hbond substituents is 2. The van der Waals surface area contributed by atoms with Crippen LogP contribution in [0.5, 0.6) is 17.2 Å². The third kappa shape index (κ3) is 13.5. The Labute approximate surface area is 432 Å². The molecule has 4 aromatic rings. The maximum atomic E-state index is 14.2. The van der Waals surface area contributed by atoms with Crippen LogP contribution in [0, 0.1) is 29.1 Å². The van der Waals surface area contributed by atoms with Crippen molar-refractivity contribution in [1.29, 1.82) is 0 Å². The Kier molecular flexibility index (Phi) is 18.1. The fourth-order valence-corrected chi connectivity index (χ4v) is 13.5. The third-order valence-electron chi connectivity index (χ3n) is 14.9. The minimum absolute atomic E-state index is 0.0175. The van der Waals surface area contributed by atoms with Crippen molar-refractivity contribution in [3.8, 4) is 29.1 Å². The highest BCUT2D eigenvalue weighted by Gasteiger charge is 2.43. The number of carbonyl (C=O) groups excluding carboxylic acids is 1. The minimum Gasteiger partial charge on any atom is -0.875 e. The van der Waals surface area contributed by atoms with Gasteiger partial charge in [-0.05, 0) is 169 Å². The van der Waals surface area contributed by atoms with E-state index in [1.165, 1.54) is 5.56 Å². The summed E-state index contributed by atoms with van der Waals surface area (Å²) in [5.74, 6) is 7.52. The highest BCUT2D eigenvalue weighted by molar-refractivity contribution is 8.76. The summed E-state index contributed by atoms with van der Waals surface area (Å²) >= 11 is 0. The molecule has 4 aromatic carbocycles. The van der Waals surface area contributed by atoms with E-state index in [2.05, 4.69) is 35.0 Å². The number of ether oxygens (including phenoxy) is 1. The minimum atomic E-state index is -0.816. The molecule has 9 N–H and O–H groups in total. The summed E-state index contributed by atoms with van der Waals surface area (Å²) in [5, 5.41) is 68.9. The number of allylic oxidation sites excluding steroid dienone is 5. The van der Waals surface area contributed by atoms with Crippen LogP contribution in [0.25, 0.3) is 0 Å². The van der Waals surface area contributed by atoms with Crippen molar-refractivity contribution in [3.05, 3.63) is 159 Å². The molecule has 2 aliphatic carbocycles. The number of nitrogens with zero attached hydrogens (tertiary/aromatic N) is 1. The van der Waals surface area contributed by atoms with Gasteiger partial charge in [0.15, 0.2) is 17.3 Å². The van der Waals surface area contributed by atoms with Gasteiger partial charge >= 0.3 is 0 Å². The van der Waals surface area contributed by atoms with Crippen LogP contribution < -0.4 is 21.3 Å². The van der Waals surface area contributed by atoms with E-state index < -0.39 is 29.7 Å². The quantitative estimate of drug-likeness (QED) is 0.0428. The van der Waals surface area contributed by atoms with Crippen molar-refractivity contribution in [2.24, 2.45) is 33.7 Å². The number of ketones is 1. The average Bonchev–Trinajstić information content (AvgIpc) is 3.96. The maximum Gasteiger partial charge on any atom is 0.161 e. The van der Waals surface area contributed by atoms with Gasteiger partial charge in [0.1, 0.15) is 5.75 Å². The van der Waals surface area contributed by atoms with Crippen LogP contribution in [0.3, 0.4) is 0 Å². The molecule has 1 saturated carbocycles. The summed E-state index contributed by atoms with van der Waals surface area (Å²) in [4.78, 5) is 18.2. The molecule has 6 atom stereocenters. The summed E-state index contributed by atoms with van der Waals surface area (Å²) in [6.07, 6.45) is 12.4. The zero-order valence-corrected chi connectivity index (χ0v) is 42.7. The van der Waals surface area contributed by atoms with Crippen LogP contribution >= 0.6 is 21.6 Å². The molecule has 0 saturated heterocycles. The van der Waals surface area contributed by atoms with E-state index in [4.69, 9.17) is 16.2 Å². The molecule has 380 valence electrons. The molecule has 2 heterocycles. The monoisotopic (exact) mass is 1010 g/mol. The Bertz CT molecular complexity index is 2770. The van der Waals surface area contributed by atoms with Crippen molar-refractivity contribution < 1.29 is 40.2 Å². The van der Waals surface area contributed by atoms with Crippen molar-refractivity contribution in [2.75, 3.05) is 19.0 Å². The third-order valence-corrected chi connectivity index (χ3v) is 17.3. The second-order valence-corrected chi connectivity index (χ2v) is 22.6. The molecule has 1 fully saturated rings. The number of nitrogens with two attached hydrogens (primary N) is 2. The van der Waals surface area contributed by atoms with E-state index in [0.29, 0.717) is 84.6 Å². The van der Waals surface area contributed by atoms with E-state index in [0.717, 1.165) is 59.1 Å². The Balaban J connectivity index is 1.11. The number of carbonyl (C=O) groups is 1. The molecule has 0 radical (unpaired) electrons. The van der Waals surface area contributed by atoms with Gasteiger partial charge in [0.05, 0.1) is 37.1 Å². The average molecular weight is 1010 g/mol. The van der Waals surface area contributed by atoms with Gasteiger partial charge in [-0.25, -0.2) is 0 Å². The van der Waals surface area contributed by atoms with Crippen LogP contribution in [0.1, 0.15) is 127 Å². The second kappa shape index (κ2) is 24.6. The molecule has 4 aliphatic rings. The van der Waals surface area contributed by atoms with Crippen LogP contribution in [0.4, 0.5) is 0 Å². The molecular formula is C59H68N3O8S2-. The van der Waals surface area contributed by atoms with E-state index >= 15 is 0 Å². The molecule has 6 unspecified atom stereocenters. The molecule has 11 nitrogen and oxygen atoms in total. The first-order valence-corrected chi connectivity index (χ1v) is 27.8. The second-order valence-electron chi connectivity index (χ2n) is 20.1. The number of hydrogen-bond acceptors (Lipinski definition) is 13. The zero-order valence-electron chi connectivity index (χ0n) is 41.1. The van der Waals surface area contributed by atoms with E-state index in [1.54, 1.807) is 64.2 Å². The Morgan fingerprint density at radius 1 is 0.917 bits per heavy atom. The fourth-order valence-electron chi connectivity index (χ4n) is 11.0. The molecule has 8 rings (SSSR count). The summed E-state index contributed by atoms with van der Waals surface area (Å²) in [7, 11) is 3.32. The number of aromatic hydroxyl groups is 2. The van der Waals surface area contributed by atoms with Gasteiger partial charge in [0.2, 0.25) is 0 Å². The SMILES string of the molecule is CC(O)CC(CCc1ccccc1CCO)CCC12C=CC(=O)CCc3ccc(O)c(c3)OCCc3ccc(O)c(c3)C3CC([O-])=C4C=CN=C4CC#Cc4cc(C(N)N)c(cc43)CSSCC(C1)C(O)C2. The molecular weight excluding hydrogens is 943 g/mol. The zero-order chi connectivity index (χ0) is 50.8. The first-order chi connectivity index (χ1) is 34.8. The van der Waals surface area contributed by atoms with Gasteiger partial charge < -0.3 is 46.8 Å². The number of aliphatic hydroxyl groups excluding tert-OH is 3. The van der Waals surface area contributed by atoms with Crippen molar-refractivity contribution in [3.63, 3.8) is 0 Å². The molecule has 0 amide bonds. The molecule has 0 aromatic heterocycles. The summed E-state index contributed by atoms with van der Waals surface area (Å²) < 4.78 is 6.17. The highest BCUT2D eigenvalue weighted by Crippen LogP contribution is 2.50. The lowest BCUT2D eigenvalue weighted by atomic mass is 9.76. The van der Waals surface area contributed by atoms with Crippen LogP contribution in [0.2, 0.25) is 0 Å². The number of benzene rings is 4. The number of aliphatic hydroxyl groups is 3. The van der Waals surface area contributed by atoms with Gasteiger partial charge in [-0.1, -0.05) is 88.0 Å². The number of fused-ring (bicyclic) bond motifs is 9. The normalized spacial score (nSPS) is 22.5. The first-order valence-electron chi connectivity index (χ1n) is 25.3. The number of aliphatic imine (C=N–C) groups is 1. The number of rotatable bonds is 11. The van der Waals surface area contributed by atoms with Crippen molar-refractivity contribution >= 4 is 33.1 Å². The Morgan fingerprint density at radius 3 is 2.47 bits per heavy atom. The van der Waals surface area contributed by atoms with Crippen LogP contribution in [0.15, 0.2) is 114 Å². The molecule has 0 spiro atoms. The lowest BCUT2D eigenvalue weighted by Gasteiger charge is -2.29. The molecule has 2 aliphatic heterocycles. The van der Waals surface area contributed by atoms with Gasteiger partial charge in [0.25, 0.3) is 0 Å². The molecule has 72 heavy (non-hydrogen) atoms. The summed E-state index contributed by atoms with van der Waals surface area (Å²) in [5.41, 5.74) is 21.3. The van der Waals surface area contributed by atoms with Gasteiger partial charge in [0, 0.05) is 54.2 Å². The van der Waals surface area contributed by atoms with E-state index in [9.17, 15) is 35.4 Å². The largest absolute Gasteiger partial charge is 0.875 e. The lowest BCUT2D eigenvalue weighted by molar-refractivity contribution is -0.307. The van der Waals surface area contributed by atoms with Gasteiger partial charge in [-0.3, -0.25) is 9.79 Å². The molecule has 13 heteroatoms. The van der Waals surface area contributed by atoms with Crippen molar-refractivity contribution in [1.82, 2.24) is 0 Å².